The minimum Gasteiger partial charge on any atom is -0.460 e. The van der Waals surface area contributed by atoms with E-state index < -0.39 is 5.60 Å². The monoisotopic (exact) mass is 437 g/mol. The predicted molar refractivity (Wildman–Crippen MR) is 136 cm³/mol. The van der Waals surface area contributed by atoms with Crippen LogP contribution in [-0.4, -0.2) is 22.5 Å². The van der Waals surface area contributed by atoms with E-state index in [0.717, 1.165) is 13.1 Å². The highest BCUT2D eigenvalue weighted by Crippen LogP contribution is 2.42. The van der Waals surface area contributed by atoms with Gasteiger partial charge in [-0.05, 0) is 71.5 Å². The topological polar surface area (TPSA) is 29.5 Å². The molecule has 1 aliphatic rings. The van der Waals surface area contributed by atoms with Gasteiger partial charge in [0, 0.05) is 19.1 Å². The largest absolute Gasteiger partial charge is 0.460 e. The van der Waals surface area contributed by atoms with Crippen molar-refractivity contribution in [3.05, 3.63) is 83.9 Å². The summed E-state index contributed by atoms with van der Waals surface area (Å²) >= 11 is 0. The van der Waals surface area contributed by atoms with Gasteiger partial charge in [-0.1, -0.05) is 72.8 Å². The van der Waals surface area contributed by atoms with Crippen molar-refractivity contribution < 1.29 is 9.53 Å². The molecule has 0 bridgehead atoms. The van der Waals surface area contributed by atoms with Gasteiger partial charge in [0.05, 0.1) is 6.42 Å². The summed E-state index contributed by atoms with van der Waals surface area (Å²) in [4.78, 5) is 15.0. The summed E-state index contributed by atoms with van der Waals surface area (Å²) < 4.78 is 5.62. The van der Waals surface area contributed by atoms with Gasteiger partial charge in [-0.25, -0.2) is 0 Å². The molecular formula is C30H31NO2. The number of nitrogens with zero attached hydrogens (tertiary/aromatic N) is 1. The lowest BCUT2D eigenvalue weighted by Gasteiger charge is -2.29. The zero-order valence-corrected chi connectivity index (χ0v) is 19.9. The second-order valence-corrected chi connectivity index (χ2v) is 10.2. The first-order valence-electron chi connectivity index (χ1n) is 11.8. The van der Waals surface area contributed by atoms with Crippen molar-refractivity contribution in [3.8, 4) is 11.1 Å². The van der Waals surface area contributed by atoms with Crippen LogP contribution in [0, 0.1) is 0 Å². The number of fused-ring (bicyclic) bond motifs is 7. The van der Waals surface area contributed by atoms with E-state index in [0.29, 0.717) is 6.42 Å². The molecule has 0 aliphatic carbocycles. The van der Waals surface area contributed by atoms with E-state index in [9.17, 15) is 4.79 Å². The Morgan fingerprint density at radius 2 is 1.30 bits per heavy atom. The van der Waals surface area contributed by atoms with E-state index >= 15 is 0 Å². The zero-order chi connectivity index (χ0) is 23.2. The van der Waals surface area contributed by atoms with Gasteiger partial charge >= 0.3 is 5.97 Å². The molecule has 1 atom stereocenters. The summed E-state index contributed by atoms with van der Waals surface area (Å²) in [6, 6.07) is 26.3. The lowest BCUT2D eigenvalue weighted by atomic mass is 9.88. The molecule has 4 aromatic rings. The van der Waals surface area contributed by atoms with Gasteiger partial charge in [0.2, 0.25) is 0 Å². The molecule has 3 nitrogen and oxygen atoms in total. The molecule has 0 unspecified atom stereocenters. The fourth-order valence-electron chi connectivity index (χ4n) is 5.05. The first-order valence-corrected chi connectivity index (χ1v) is 11.8. The molecule has 0 radical (unpaired) electrons. The maximum absolute atomic E-state index is 12.6. The third kappa shape index (κ3) is 4.26. The van der Waals surface area contributed by atoms with Crippen LogP contribution in [0.3, 0.4) is 0 Å². The van der Waals surface area contributed by atoms with Crippen molar-refractivity contribution in [2.24, 2.45) is 0 Å². The van der Waals surface area contributed by atoms with E-state index in [1.54, 1.807) is 0 Å². The molecular weight excluding hydrogens is 406 g/mol. The van der Waals surface area contributed by atoms with E-state index in [2.05, 4.69) is 84.6 Å². The fourth-order valence-corrected chi connectivity index (χ4v) is 5.05. The van der Waals surface area contributed by atoms with Crippen LogP contribution < -0.4 is 0 Å². The Balaban J connectivity index is 1.64. The van der Waals surface area contributed by atoms with Gasteiger partial charge in [-0.3, -0.25) is 9.69 Å². The normalized spacial score (nSPS) is 15.0. The molecule has 1 aliphatic heterocycles. The summed E-state index contributed by atoms with van der Waals surface area (Å²) in [7, 11) is 0. The fraction of sp³-hybridized carbons (Fsp3) is 0.300. The molecule has 0 saturated heterocycles. The number of carbonyl (C=O) groups excluding carboxylic acids is 1. The molecule has 33 heavy (non-hydrogen) atoms. The molecule has 0 fully saturated rings. The molecule has 168 valence electrons. The molecule has 0 N–H and O–H groups in total. The van der Waals surface area contributed by atoms with E-state index in [1.807, 2.05) is 20.8 Å². The first-order chi connectivity index (χ1) is 15.8. The number of hydrogen-bond donors (Lipinski definition) is 0. The number of ether oxygens (including phenoxy) is 1. The molecule has 0 saturated carbocycles. The van der Waals surface area contributed by atoms with Gasteiger partial charge in [0.25, 0.3) is 0 Å². The highest BCUT2D eigenvalue weighted by Gasteiger charge is 2.27. The smallest absolute Gasteiger partial charge is 0.307 e. The molecule has 0 aromatic heterocycles. The number of carbonyl (C=O) groups is 1. The number of esters is 1. The maximum Gasteiger partial charge on any atom is 0.307 e. The van der Waals surface area contributed by atoms with Gasteiger partial charge < -0.3 is 4.74 Å². The van der Waals surface area contributed by atoms with Crippen LogP contribution in [0.5, 0.6) is 0 Å². The third-order valence-corrected chi connectivity index (χ3v) is 6.53. The Bertz CT molecular complexity index is 1260. The number of hydrogen-bond acceptors (Lipinski definition) is 3. The standard InChI is InChI=1S/C30H31NO2/c1-20(17-27(32)33-30(2,3)4)31-18-23-15-13-21-9-5-7-11-25(21)28(23)29-24(19-31)16-14-22-10-6-8-12-26(22)29/h5-16,20H,17-19H2,1-4H3/t20-/m1/s1. The third-order valence-electron chi connectivity index (χ3n) is 6.53. The molecule has 4 aromatic carbocycles. The van der Waals surface area contributed by atoms with E-state index in [4.69, 9.17) is 4.74 Å². The number of benzene rings is 4. The van der Waals surface area contributed by atoms with E-state index in [1.165, 1.54) is 43.8 Å². The van der Waals surface area contributed by atoms with Crippen LogP contribution in [-0.2, 0) is 22.6 Å². The first kappa shape index (κ1) is 21.7. The van der Waals surface area contributed by atoms with Crippen LogP contribution in [0.25, 0.3) is 32.7 Å². The Hall–Kier alpha value is -3.17. The Morgan fingerprint density at radius 1 is 0.818 bits per heavy atom. The Kier molecular flexibility index (Phi) is 5.46. The molecule has 0 amide bonds. The quantitative estimate of drug-likeness (QED) is 0.320. The van der Waals surface area contributed by atoms with Crippen molar-refractivity contribution in [2.45, 2.75) is 58.8 Å². The van der Waals surface area contributed by atoms with Crippen LogP contribution in [0.15, 0.2) is 72.8 Å². The minimum absolute atomic E-state index is 0.0663. The van der Waals surface area contributed by atoms with Crippen LogP contribution in [0.4, 0.5) is 0 Å². The predicted octanol–water partition coefficient (Wildman–Crippen LogP) is 7.10. The van der Waals surface area contributed by atoms with Crippen molar-refractivity contribution in [1.29, 1.82) is 0 Å². The summed E-state index contributed by atoms with van der Waals surface area (Å²) in [5.41, 5.74) is 4.80. The average Bonchev–Trinajstić information content (AvgIpc) is 2.95. The van der Waals surface area contributed by atoms with Crippen LogP contribution in [0.1, 0.15) is 45.2 Å². The van der Waals surface area contributed by atoms with Gasteiger partial charge in [-0.2, -0.15) is 0 Å². The molecule has 0 spiro atoms. The molecule has 1 heterocycles. The average molecular weight is 438 g/mol. The summed E-state index contributed by atoms with van der Waals surface area (Å²) in [6.07, 6.45) is 0.378. The van der Waals surface area contributed by atoms with Crippen molar-refractivity contribution >= 4 is 27.5 Å². The van der Waals surface area contributed by atoms with Crippen molar-refractivity contribution in [1.82, 2.24) is 4.90 Å². The second kappa shape index (κ2) is 8.31. The van der Waals surface area contributed by atoms with E-state index in [-0.39, 0.29) is 12.0 Å². The SMILES string of the molecule is C[C@H](CC(=O)OC(C)(C)C)N1Cc2ccc3ccccc3c2-c2c(ccc3ccccc23)C1. The minimum atomic E-state index is -0.466. The summed E-state index contributed by atoms with van der Waals surface area (Å²) in [5.74, 6) is -0.142. The molecule has 3 heteroatoms. The van der Waals surface area contributed by atoms with Crippen molar-refractivity contribution in [2.75, 3.05) is 0 Å². The maximum atomic E-state index is 12.6. The summed E-state index contributed by atoms with van der Waals surface area (Å²) in [5, 5.41) is 5.08. The molecule has 5 rings (SSSR count). The lowest BCUT2D eigenvalue weighted by Crippen LogP contribution is -2.35. The van der Waals surface area contributed by atoms with Gasteiger partial charge in [-0.15, -0.1) is 0 Å². The van der Waals surface area contributed by atoms with Gasteiger partial charge in [0.15, 0.2) is 0 Å². The Morgan fingerprint density at radius 3 is 1.79 bits per heavy atom. The summed E-state index contributed by atoms with van der Waals surface area (Å²) in [6.45, 7) is 9.50. The number of rotatable bonds is 3. The van der Waals surface area contributed by atoms with Crippen LogP contribution >= 0.6 is 0 Å². The Labute approximate surface area is 196 Å². The highest BCUT2D eigenvalue weighted by atomic mass is 16.6. The highest BCUT2D eigenvalue weighted by molar-refractivity contribution is 6.08. The zero-order valence-electron chi connectivity index (χ0n) is 19.9. The van der Waals surface area contributed by atoms with Crippen LogP contribution in [0.2, 0.25) is 0 Å². The lowest BCUT2D eigenvalue weighted by molar-refractivity contribution is -0.156. The van der Waals surface area contributed by atoms with Crippen molar-refractivity contribution in [3.63, 3.8) is 0 Å². The van der Waals surface area contributed by atoms with Gasteiger partial charge in [0.1, 0.15) is 5.60 Å². The second-order valence-electron chi connectivity index (χ2n) is 10.2.